The van der Waals surface area contributed by atoms with Gasteiger partial charge in [-0.15, -0.1) is 0 Å². The SMILES string of the molecule is Cc1c(Cl)cccc1NC(=O)Cc1cccc(N)c1. The largest absolute Gasteiger partial charge is 0.399 e. The van der Waals surface area contributed by atoms with Crippen LogP contribution in [0, 0.1) is 6.92 Å². The standard InChI is InChI=1S/C15H15ClN2O/c1-10-13(16)6-3-7-14(10)18-15(19)9-11-4-2-5-12(17)8-11/h2-8H,9,17H2,1H3,(H,18,19). The molecule has 0 saturated heterocycles. The first kappa shape index (κ1) is 13.4. The second kappa shape index (κ2) is 5.76. The van der Waals surface area contributed by atoms with Gasteiger partial charge in [-0.05, 0) is 42.3 Å². The molecule has 3 nitrogen and oxygen atoms in total. The number of nitrogens with two attached hydrogens (primary N) is 1. The molecule has 0 unspecified atom stereocenters. The number of hydrogen-bond acceptors (Lipinski definition) is 2. The van der Waals surface area contributed by atoms with E-state index in [4.69, 9.17) is 17.3 Å². The average Bonchev–Trinajstić information content (AvgIpc) is 2.35. The predicted molar refractivity (Wildman–Crippen MR) is 79.4 cm³/mol. The zero-order valence-corrected chi connectivity index (χ0v) is 11.4. The van der Waals surface area contributed by atoms with Crippen LogP contribution in [0.5, 0.6) is 0 Å². The third-order valence-electron chi connectivity index (χ3n) is 2.86. The topological polar surface area (TPSA) is 55.1 Å². The van der Waals surface area contributed by atoms with Crippen LogP contribution in [0.2, 0.25) is 5.02 Å². The second-order valence-electron chi connectivity index (χ2n) is 4.38. The molecule has 1 amide bonds. The molecule has 98 valence electrons. The molecule has 4 heteroatoms. The summed E-state index contributed by atoms with van der Waals surface area (Å²) >= 11 is 6.01. The van der Waals surface area contributed by atoms with Gasteiger partial charge in [-0.3, -0.25) is 4.79 Å². The summed E-state index contributed by atoms with van der Waals surface area (Å²) in [5.74, 6) is -0.0871. The Hall–Kier alpha value is -2.00. The van der Waals surface area contributed by atoms with Gasteiger partial charge in [0.2, 0.25) is 5.91 Å². The lowest BCUT2D eigenvalue weighted by molar-refractivity contribution is -0.115. The van der Waals surface area contributed by atoms with E-state index in [9.17, 15) is 4.79 Å². The van der Waals surface area contributed by atoms with Gasteiger partial charge in [0.15, 0.2) is 0 Å². The number of anilines is 2. The van der Waals surface area contributed by atoms with E-state index < -0.39 is 0 Å². The summed E-state index contributed by atoms with van der Waals surface area (Å²) in [6.07, 6.45) is 0.289. The van der Waals surface area contributed by atoms with E-state index >= 15 is 0 Å². The molecule has 0 saturated carbocycles. The van der Waals surface area contributed by atoms with Crippen molar-refractivity contribution >= 4 is 28.9 Å². The number of nitrogens with one attached hydrogen (secondary N) is 1. The minimum absolute atomic E-state index is 0.0871. The number of nitrogen functional groups attached to an aromatic ring is 1. The van der Waals surface area contributed by atoms with Crippen molar-refractivity contribution in [3.05, 3.63) is 58.6 Å². The number of carbonyl (C=O) groups is 1. The molecular weight excluding hydrogens is 260 g/mol. The molecule has 0 heterocycles. The molecule has 0 aliphatic carbocycles. The summed E-state index contributed by atoms with van der Waals surface area (Å²) in [7, 11) is 0. The summed E-state index contributed by atoms with van der Waals surface area (Å²) in [5.41, 5.74) is 8.83. The van der Waals surface area contributed by atoms with Crippen molar-refractivity contribution in [3.63, 3.8) is 0 Å². The summed E-state index contributed by atoms with van der Waals surface area (Å²) in [4.78, 5) is 12.0. The van der Waals surface area contributed by atoms with Crippen molar-refractivity contribution in [2.75, 3.05) is 11.1 Å². The summed E-state index contributed by atoms with van der Waals surface area (Å²) < 4.78 is 0. The third-order valence-corrected chi connectivity index (χ3v) is 3.27. The van der Waals surface area contributed by atoms with Crippen molar-refractivity contribution in [1.29, 1.82) is 0 Å². The van der Waals surface area contributed by atoms with Gasteiger partial charge in [0.25, 0.3) is 0 Å². The van der Waals surface area contributed by atoms with Gasteiger partial charge < -0.3 is 11.1 Å². The molecule has 0 radical (unpaired) electrons. The van der Waals surface area contributed by atoms with Crippen molar-refractivity contribution in [2.24, 2.45) is 0 Å². The minimum atomic E-state index is -0.0871. The smallest absolute Gasteiger partial charge is 0.228 e. The first-order valence-corrected chi connectivity index (χ1v) is 6.33. The van der Waals surface area contributed by atoms with Crippen LogP contribution in [-0.2, 0) is 11.2 Å². The minimum Gasteiger partial charge on any atom is -0.399 e. The molecule has 0 bridgehead atoms. The van der Waals surface area contributed by atoms with Crippen molar-refractivity contribution in [3.8, 4) is 0 Å². The number of benzene rings is 2. The molecule has 0 atom stereocenters. The summed E-state index contributed by atoms with van der Waals surface area (Å²) in [5, 5.41) is 3.50. The molecule has 0 fully saturated rings. The molecule has 3 N–H and O–H groups in total. The van der Waals surface area contributed by atoms with Gasteiger partial charge in [0.1, 0.15) is 0 Å². The van der Waals surface area contributed by atoms with E-state index in [2.05, 4.69) is 5.32 Å². The number of rotatable bonds is 3. The van der Waals surface area contributed by atoms with Crippen LogP contribution in [0.1, 0.15) is 11.1 Å². The molecule has 19 heavy (non-hydrogen) atoms. The molecule has 0 spiro atoms. The fourth-order valence-corrected chi connectivity index (χ4v) is 2.00. The van der Waals surface area contributed by atoms with Crippen LogP contribution < -0.4 is 11.1 Å². The van der Waals surface area contributed by atoms with E-state index in [-0.39, 0.29) is 12.3 Å². The number of amides is 1. The maximum atomic E-state index is 12.0. The Morgan fingerprint density at radius 1 is 1.26 bits per heavy atom. The Bertz CT molecular complexity index is 611. The fourth-order valence-electron chi connectivity index (χ4n) is 1.83. The Kier molecular flexibility index (Phi) is 4.07. The van der Waals surface area contributed by atoms with Crippen molar-refractivity contribution < 1.29 is 4.79 Å². The van der Waals surface area contributed by atoms with E-state index in [1.54, 1.807) is 18.2 Å². The van der Waals surface area contributed by atoms with E-state index in [1.807, 2.05) is 31.2 Å². The highest BCUT2D eigenvalue weighted by molar-refractivity contribution is 6.31. The monoisotopic (exact) mass is 274 g/mol. The van der Waals surface area contributed by atoms with Gasteiger partial charge >= 0.3 is 0 Å². The highest BCUT2D eigenvalue weighted by Crippen LogP contribution is 2.23. The van der Waals surface area contributed by atoms with Crippen molar-refractivity contribution in [1.82, 2.24) is 0 Å². The van der Waals surface area contributed by atoms with Gasteiger partial charge in [0, 0.05) is 16.4 Å². The van der Waals surface area contributed by atoms with Gasteiger partial charge in [-0.1, -0.05) is 29.8 Å². The molecule has 2 rings (SSSR count). The van der Waals surface area contributed by atoms with Gasteiger partial charge in [-0.25, -0.2) is 0 Å². The van der Waals surface area contributed by atoms with Crippen LogP contribution in [0.3, 0.4) is 0 Å². The van der Waals surface area contributed by atoms with E-state index in [0.29, 0.717) is 10.7 Å². The van der Waals surface area contributed by atoms with Crippen LogP contribution in [-0.4, -0.2) is 5.91 Å². The Morgan fingerprint density at radius 3 is 2.74 bits per heavy atom. The van der Waals surface area contributed by atoms with Gasteiger partial charge in [-0.2, -0.15) is 0 Å². The normalized spacial score (nSPS) is 10.2. The van der Waals surface area contributed by atoms with E-state index in [1.165, 1.54) is 0 Å². The highest BCUT2D eigenvalue weighted by atomic mass is 35.5. The van der Waals surface area contributed by atoms with E-state index in [0.717, 1.165) is 16.8 Å². The average molecular weight is 275 g/mol. The Balaban J connectivity index is 2.08. The first-order valence-electron chi connectivity index (χ1n) is 5.95. The predicted octanol–water partition coefficient (Wildman–Crippen LogP) is 3.41. The van der Waals surface area contributed by atoms with Gasteiger partial charge in [0.05, 0.1) is 6.42 Å². The van der Waals surface area contributed by atoms with Crippen LogP contribution in [0.25, 0.3) is 0 Å². The maximum absolute atomic E-state index is 12.0. The lowest BCUT2D eigenvalue weighted by atomic mass is 10.1. The highest BCUT2D eigenvalue weighted by Gasteiger charge is 2.07. The molecule has 0 aromatic heterocycles. The Labute approximate surface area is 117 Å². The number of halogens is 1. The maximum Gasteiger partial charge on any atom is 0.228 e. The summed E-state index contributed by atoms with van der Waals surface area (Å²) in [6.45, 7) is 1.87. The second-order valence-corrected chi connectivity index (χ2v) is 4.79. The molecule has 2 aromatic carbocycles. The molecule has 2 aromatic rings. The third kappa shape index (κ3) is 3.48. The number of carbonyl (C=O) groups excluding carboxylic acids is 1. The lowest BCUT2D eigenvalue weighted by Crippen LogP contribution is -2.15. The molecule has 0 aliphatic rings. The fraction of sp³-hybridized carbons (Fsp3) is 0.133. The first-order chi connectivity index (χ1) is 9.06. The van der Waals surface area contributed by atoms with Crippen molar-refractivity contribution in [2.45, 2.75) is 13.3 Å². The quantitative estimate of drug-likeness (QED) is 0.843. The van der Waals surface area contributed by atoms with Crippen LogP contribution >= 0.6 is 11.6 Å². The van der Waals surface area contributed by atoms with Crippen LogP contribution in [0.15, 0.2) is 42.5 Å². The zero-order chi connectivity index (χ0) is 13.8. The molecule has 0 aliphatic heterocycles. The lowest BCUT2D eigenvalue weighted by Gasteiger charge is -2.09. The Morgan fingerprint density at radius 2 is 2.00 bits per heavy atom. The zero-order valence-electron chi connectivity index (χ0n) is 10.6. The van der Waals surface area contributed by atoms with Crippen LogP contribution in [0.4, 0.5) is 11.4 Å². The number of hydrogen-bond donors (Lipinski definition) is 2. The molecular formula is C15H15ClN2O. The summed E-state index contributed by atoms with van der Waals surface area (Å²) in [6, 6.07) is 12.7.